The molecule has 2 aromatic rings. The highest BCUT2D eigenvalue weighted by Crippen LogP contribution is 2.53. The average molecular weight is 429 g/mol. The lowest BCUT2D eigenvalue weighted by molar-refractivity contribution is -0.125. The molecule has 0 aliphatic carbocycles. The fraction of sp³-hybridized carbons (Fsp3) is 0.200. The van der Waals surface area contributed by atoms with Crippen LogP contribution in [0, 0.1) is 0 Å². The first kappa shape index (κ1) is 17.4. The van der Waals surface area contributed by atoms with Crippen molar-refractivity contribution >= 4 is 45.2 Å². The van der Waals surface area contributed by atoms with Crippen LogP contribution in [0.3, 0.4) is 0 Å². The third-order valence-electron chi connectivity index (χ3n) is 4.64. The summed E-state index contributed by atoms with van der Waals surface area (Å²) in [5.74, 6) is -0.298. The molecule has 2 aliphatic heterocycles. The van der Waals surface area contributed by atoms with Gasteiger partial charge in [0.1, 0.15) is 0 Å². The van der Waals surface area contributed by atoms with Gasteiger partial charge in [-0.1, -0.05) is 58.0 Å². The molecule has 26 heavy (non-hydrogen) atoms. The fourth-order valence-electron chi connectivity index (χ4n) is 3.43. The van der Waals surface area contributed by atoms with Crippen LogP contribution in [0.15, 0.2) is 68.5 Å². The number of nitrogens with zero attached hydrogens (tertiary/aromatic N) is 2. The summed E-state index contributed by atoms with van der Waals surface area (Å²) in [4.78, 5) is 30.4. The Hall–Kier alpha value is -2.05. The summed E-state index contributed by atoms with van der Waals surface area (Å²) in [6.45, 7) is 0. The Morgan fingerprint density at radius 1 is 1.15 bits per heavy atom. The molecule has 1 atom stereocenters. The van der Waals surface area contributed by atoms with Crippen LogP contribution in [0.2, 0.25) is 0 Å². The topological polar surface area (TPSA) is 40.6 Å². The smallest absolute Gasteiger partial charge is 0.252 e. The molecule has 132 valence electrons. The highest BCUT2D eigenvalue weighted by atomic mass is 79.9. The maximum atomic E-state index is 13.1. The van der Waals surface area contributed by atoms with Crippen molar-refractivity contribution in [1.82, 2.24) is 4.90 Å². The zero-order valence-corrected chi connectivity index (χ0v) is 16.8. The Bertz CT molecular complexity index is 954. The zero-order valence-electron chi connectivity index (χ0n) is 14.4. The van der Waals surface area contributed by atoms with E-state index in [4.69, 9.17) is 0 Å². The van der Waals surface area contributed by atoms with E-state index < -0.39 is 0 Å². The molecule has 4 nitrogen and oxygen atoms in total. The summed E-state index contributed by atoms with van der Waals surface area (Å²) in [6.07, 6.45) is 0.274. The molecule has 0 radical (unpaired) electrons. The molecule has 6 heteroatoms. The summed E-state index contributed by atoms with van der Waals surface area (Å²) in [7, 11) is 3.50. The molecule has 0 unspecified atom stereocenters. The van der Waals surface area contributed by atoms with Gasteiger partial charge in [-0.15, -0.1) is 0 Å². The van der Waals surface area contributed by atoms with Crippen LogP contribution in [0.5, 0.6) is 0 Å². The normalized spacial score (nSPS) is 18.7. The molecule has 2 amide bonds. The van der Waals surface area contributed by atoms with Gasteiger partial charge in [-0.3, -0.25) is 14.5 Å². The van der Waals surface area contributed by atoms with Gasteiger partial charge < -0.3 is 4.90 Å². The van der Waals surface area contributed by atoms with Gasteiger partial charge in [-0.2, -0.15) is 0 Å². The number of amides is 2. The van der Waals surface area contributed by atoms with Crippen molar-refractivity contribution in [3.8, 4) is 0 Å². The highest BCUT2D eigenvalue weighted by molar-refractivity contribution is 9.10. The van der Waals surface area contributed by atoms with Crippen molar-refractivity contribution in [1.29, 1.82) is 0 Å². The van der Waals surface area contributed by atoms with Gasteiger partial charge in [0.05, 0.1) is 16.3 Å². The predicted octanol–water partition coefficient (Wildman–Crippen LogP) is 4.38. The van der Waals surface area contributed by atoms with Crippen LogP contribution in [0.4, 0.5) is 5.69 Å². The van der Waals surface area contributed by atoms with Crippen molar-refractivity contribution < 1.29 is 9.59 Å². The molecule has 4 rings (SSSR count). The van der Waals surface area contributed by atoms with Crippen LogP contribution in [-0.4, -0.2) is 30.8 Å². The van der Waals surface area contributed by atoms with Crippen molar-refractivity contribution in [3.05, 3.63) is 69.2 Å². The molecule has 0 spiro atoms. The monoisotopic (exact) mass is 428 g/mol. The van der Waals surface area contributed by atoms with Gasteiger partial charge >= 0.3 is 0 Å². The standard InChI is InChI=1S/C20H17BrN2O2S/c1-22(2)19(25)18-13(12-7-3-4-8-14(12)21)11-17(24)23-15-9-5-6-10-16(15)26-20(18)23/h3-10,13H,11H2,1-2H3/t13-/m0/s1. The minimum Gasteiger partial charge on any atom is -0.345 e. The number of benzene rings is 2. The van der Waals surface area contributed by atoms with Crippen molar-refractivity contribution in [3.63, 3.8) is 0 Å². The van der Waals surface area contributed by atoms with Gasteiger partial charge in [0.2, 0.25) is 5.91 Å². The molecular weight excluding hydrogens is 412 g/mol. The molecule has 2 heterocycles. The quantitative estimate of drug-likeness (QED) is 0.712. The van der Waals surface area contributed by atoms with E-state index in [9.17, 15) is 9.59 Å². The second kappa shape index (κ2) is 6.59. The van der Waals surface area contributed by atoms with Crippen LogP contribution in [0.25, 0.3) is 0 Å². The van der Waals surface area contributed by atoms with Crippen LogP contribution >= 0.6 is 27.7 Å². The van der Waals surface area contributed by atoms with Crippen LogP contribution in [-0.2, 0) is 9.59 Å². The van der Waals surface area contributed by atoms with E-state index in [-0.39, 0.29) is 24.2 Å². The number of carbonyl (C=O) groups is 2. The average Bonchev–Trinajstić information content (AvgIpc) is 3.01. The number of carbonyl (C=O) groups excluding carboxylic acids is 2. The number of hydrogen-bond acceptors (Lipinski definition) is 3. The highest BCUT2D eigenvalue weighted by Gasteiger charge is 2.43. The Balaban J connectivity index is 1.94. The summed E-state index contributed by atoms with van der Waals surface area (Å²) in [5.41, 5.74) is 2.52. The molecule has 2 aromatic carbocycles. The minimum atomic E-state index is -0.263. The van der Waals surface area contributed by atoms with Gasteiger partial charge in [0, 0.05) is 35.8 Å². The van der Waals surface area contributed by atoms with Gasteiger partial charge in [0.25, 0.3) is 5.91 Å². The zero-order chi connectivity index (χ0) is 18.4. The summed E-state index contributed by atoms with van der Waals surface area (Å²) in [5, 5.41) is 0.738. The van der Waals surface area contributed by atoms with Crippen molar-refractivity contribution in [2.75, 3.05) is 19.0 Å². The third kappa shape index (κ3) is 2.68. The molecule has 0 saturated heterocycles. The van der Waals surface area contributed by atoms with E-state index in [2.05, 4.69) is 15.9 Å². The Morgan fingerprint density at radius 3 is 2.58 bits per heavy atom. The number of fused-ring (bicyclic) bond motifs is 3. The molecule has 0 fully saturated rings. The summed E-state index contributed by atoms with van der Waals surface area (Å²) < 4.78 is 0.913. The lowest BCUT2D eigenvalue weighted by Gasteiger charge is -2.33. The Kier molecular flexibility index (Phi) is 4.40. The third-order valence-corrected chi connectivity index (χ3v) is 6.52. The van der Waals surface area contributed by atoms with Gasteiger partial charge in [0.15, 0.2) is 0 Å². The molecule has 0 saturated carbocycles. The van der Waals surface area contributed by atoms with E-state index in [1.54, 1.807) is 23.9 Å². The Morgan fingerprint density at radius 2 is 1.85 bits per heavy atom. The van der Waals surface area contributed by atoms with E-state index in [1.807, 2.05) is 48.5 Å². The predicted molar refractivity (Wildman–Crippen MR) is 107 cm³/mol. The number of anilines is 1. The maximum Gasteiger partial charge on any atom is 0.252 e. The number of thioether (sulfide) groups is 1. The molecule has 0 aromatic heterocycles. The van der Waals surface area contributed by atoms with Crippen LogP contribution in [0.1, 0.15) is 17.9 Å². The maximum absolute atomic E-state index is 13.1. The number of hydrogen-bond donors (Lipinski definition) is 0. The molecule has 0 N–H and O–H groups in total. The lowest BCUT2D eigenvalue weighted by Crippen LogP contribution is -2.39. The van der Waals surface area contributed by atoms with E-state index in [1.165, 1.54) is 11.8 Å². The SMILES string of the molecule is CN(C)C(=O)C1=C2Sc3ccccc3N2C(=O)C[C@H]1c1ccccc1Br. The number of para-hydroxylation sites is 1. The summed E-state index contributed by atoms with van der Waals surface area (Å²) in [6, 6.07) is 15.6. The largest absolute Gasteiger partial charge is 0.345 e. The number of rotatable bonds is 2. The minimum absolute atomic E-state index is 0.0218. The van der Waals surface area contributed by atoms with Crippen molar-refractivity contribution in [2.45, 2.75) is 17.2 Å². The first-order valence-corrected chi connectivity index (χ1v) is 9.90. The second-order valence-electron chi connectivity index (χ2n) is 6.50. The van der Waals surface area contributed by atoms with E-state index >= 15 is 0 Å². The van der Waals surface area contributed by atoms with E-state index in [0.717, 1.165) is 25.6 Å². The number of likely N-dealkylation sites (N-methyl/N-ethyl adjacent to an activating group) is 1. The first-order valence-electron chi connectivity index (χ1n) is 8.29. The lowest BCUT2D eigenvalue weighted by atomic mass is 9.85. The molecule has 2 aliphatic rings. The van der Waals surface area contributed by atoms with Crippen molar-refractivity contribution in [2.24, 2.45) is 0 Å². The summed E-state index contributed by atoms with van der Waals surface area (Å²) >= 11 is 5.09. The van der Waals surface area contributed by atoms with Gasteiger partial charge in [-0.05, 0) is 23.8 Å². The first-order chi connectivity index (χ1) is 12.5. The number of halogens is 1. The molecular formula is C20H17BrN2O2S. The second-order valence-corrected chi connectivity index (χ2v) is 8.38. The Labute approximate surface area is 165 Å². The van der Waals surface area contributed by atoms with E-state index in [0.29, 0.717) is 5.57 Å². The van der Waals surface area contributed by atoms with Crippen LogP contribution < -0.4 is 4.90 Å². The molecule has 0 bridgehead atoms. The fourth-order valence-corrected chi connectivity index (χ4v) is 5.24. The van der Waals surface area contributed by atoms with Gasteiger partial charge in [-0.25, -0.2) is 0 Å².